The Morgan fingerprint density at radius 2 is 1.96 bits per heavy atom. The van der Waals surface area contributed by atoms with Gasteiger partial charge in [0.05, 0.1) is 24.2 Å². The zero-order valence-electron chi connectivity index (χ0n) is 15.1. The van der Waals surface area contributed by atoms with E-state index in [4.69, 9.17) is 14.5 Å². The second-order valence-corrected chi connectivity index (χ2v) is 6.27. The van der Waals surface area contributed by atoms with Gasteiger partial charge < -0.3 is 18.9 Å². The van der Waals surface area contributed by atoms with Crippen molar-refractivity contribution in [2.75, 3.05) is 32.9 Å². The number of likely N-dealkylation sites (tertiary alicyclic amines) is 1. The first-order valence-corrected chi connectivity index (χ1v) is 9.19. The molecule has 0 unspecified atom stereocenters. The van der Waals surface area contributed by atoms with E-state index >= 15 is 0 Å². The van der Waals surface area contributed by atoms with Gasteiger partial charge in [-0.25, -0.2) is 9.78 Å². The highest BCUT2D eigenvalue weighted by molar-refractivity contribution is 5.76. The maximum Gasteiger partial charge on any atom is 0.409 e. The summed E-state index contributed by atoms with van der Waals surface area (Å²) in [6.45, 7) is 7.93. The number of imidazole rings is 1. The monoisotopic (exact) mass is 345 g/mol. The van der Waals surface area contributed by atoms with Crippen molar-refractivity contribution < 1.29 is 14.3 Å². The third-order valence-corrected chi connectivity index (χ3v) is 4.73. The SMILES string of the molecule is CCOCCn1c(C2CCN(C(=O)OCC)CC2)nc2ccccc21. The highest BCUT2D eigenvalue weighted by Gasteiger charge is 2.28. The van der Waals surface area contributed by atoms with E-state index in [1.807, 2.05) is 26.0 Å². The molecule has 0 atom stereocenters. The Morgan fingerprint density at radius 1 is 1.20 bits per heavy atom. The quantitative estimate of drug-likeness (QED) is 0.753. The molecule has 1 amide bonds. The third kappa shape index (κ3) is 3.95. The van der Waals surface area contributed by atoms with Crippen LogP contribution in [0.25, 0.3) is 11.0 Å². The second-order valence-electron chi connectivity index (χ2n) is 6.27. The molecule has 0 bridgehead atoms. The number of fused-ring (bicyclic) bond motifs is 1. The molecular weight excluding hydrogens is 318 g/mol. The average Bonchev–Trinajstić information content (AvgIpc) is 3.01. The van der Waals surface area contributed by atoms with E-state index in [1.54, 1.807) is 4.90 Å². The van der Waals surface area contributed by atoms with Crippen LogP contribution in [0.1, 0.15) is 38.4 Å². The number of amides is 1. The van der Waals surface area contributed by atoms with Crippen LogP contribution in [-0.2, 0) is 16.0 Å². The fraction of sp³-hybridized carbons (Fsp3) is 0.579. The van der Waals surface area contributed by atoms with Gasteiger partial charge in [-0.1, -0.05) is 12.1 Å². The minimum Gasteiger partial charge on any atom is -0.450 e. The molecule has 6 nitrogen and oxygen atoms in total. The highest BCUT2D eigenvalue weighted by Crippen LogP contribution is 2.30. The zero-order valence-corrected chi connectivity index (χ0v) is 15.1. The van der Waals surface area contributed by atoms with Crippen LogP contribution in [-0.4, -0.2) is 53.5 Å². The molecule has 6 heteroatoms. The number of rotatable bonds is 6. The standard InChI is InChI=1S/C19H27N3O3/c1-3-24-14-13-22-17-8-6-5-7-16(17)20-18(22)15-9-11-21(12-10-15)19(23)25-4-2/h5-8,15H,3-4,9-14H2,1-2H3. The van der Waals surface area contributed by atoms with Gasteiger partial charge >= 0.3 is 6.09 Å². The summed E-state index contributed by atoms with van der Waals surface area (Å²) in [5.74, 6) is 1.48. The lowest BCUT2D eigenvalue weighted by atomic mass is 9.96. The molecule has 1 fully saturated rings. The number of para-hydroxylation sites is 2. The number of ether oxygens (including phenoxy) is 2. The molecule has 0 aliphatic carbocycles. The van der Waals surface area contributed by atoms with Crippen molar-refractivity contribution in [3.63, 3.8) is 0 Å². The van der Waals surface area contributed by atoms with Crippen molar-refractivity contribution in [3.05, 3.63) is 30.1 Å². The summed E-state index contributed by atoms with van der Waals surface area (Å²) in [4.78, 5) is 18.6. The summed E-state index contributed by atoms with van der Waals surface area (Å²) >= 11 is 0. The van der Waals surface area contributed by atoms with Crippen molar-refractivity contribution in [2.45, 2.75) is 39.2 Å². The molecular formula is C19H27N3O3. The van der Waals surface area contributed by atoms with E-state index in [0.717, 1.165) is 55.9 Å². The molecule has 1 saturated heterocycles. The molecule has 0 spiro atoms. The summed E-state index contributed by atoms with van der Waals surface area (Å²) < 4.78 is 13.0. The third-order valence-electron chi connectivity index (χ3n) is 4.73. The molecule has 1 aliphatic rings. The van der Waals surface area contributed by atoms with E-state index in [2.05, 4.69) is 16.7 Å². The van der Waals surface area contributed by atoms with Crippen LogP contribution in [0.4, 0.5) is 4.79 Å². The maximum atomic E-state index is 11.9. The van der Waals surface area contributed by atoms with Gasteiger partial charge in [0, 0.05) is 32.2 Å². The van der Waals surface area contributed by atoms with Crippen LogP contribution in [0, 0.1) is 0 Å². The number of piperidine rings is 1. The minimum atomic E-state index is -0.203. The maximum absolute atomic E-state index is 11.9. The summed E-state index contributed by atoms with van der Waals surface area (Å²) in [6.07, 6.45) is 1.62. The van der Waals surface area contributed by atoms with Crippen molar-refractivity contribution in [2.24, 2.45) is 0 Å². The summed E-state index contributed by atoms with van der Waals surface area (Å²) in [7, 11) is 0. The van der Waals surface area contributed by atoms with Crippen LogP contribution in [0.5, 0.6) is 0 Å². The van der Waals surface area contributed by atoms with Crippen LogP contribution >= 0.6 is 0 Å². The average molecular weight is 345 g/mol. The van der Waals surface area contributed by atoms with Gasteiger partial charge in [-0.3, -0.25) is 0 Å². The first-order valence-electron chi connectivity index (χ1n) is 9.19. The number of nitrogens with zero attached hydrogens (tertiary/aromatic N) is 3. The Bertz CT molecular complexity index is 705. The van der Waals surface area contributed by atoms with Crippen molar-refractivity contribution in [1.82, 2.24) is 14.5 Å². The number of aromatic nitrogens is 2. The van der Waals surface area contributed by atoms with E-state index < -0.39 is 0 Å². The molecule has 0 N–H and O–H groups in total. The van der Waals surface area contributed by atoms with Gasteiger partial charge in [-0.05, 0) is 38.8 Å². The second kappa shape index (κ2) is 8.34. The van der Waals surface area contributed by atoms with Gasteiger partial charge in [0.1, 0.15) is 5.82 Å². The van der Waals surface area contributed by atoms with E-state index in [-0.39, 0.29) is 6.09 Å². The Labute approximate surface area is 148 Å². The topological polar surface area (TPSA) is 56.6 Å². The molecule has 2 heterocycles. The van der Waals surface area contributed by atoms with Gasteiger partial charge in [0.15, 0.2) is 0 Å². The predicted octanol–water partition coefficient (Wildman–Crippen LogP) is 3.41. The first-order chi connectivity index (χ1) is 12.2. The van der Waals surface area contributed by atoms with Crippen LogP contribution in [0.3, 0.4) is 0 Å². The first kappa shape index (κ1) is 17.7. The molecule has 136 valence electrons. The molecule has 0 saturated carbocycles. The largest absolute Gasteiger partial charge is 0.450 e. The van der Waals surface area contributed by atoms with Crippen molar-refractivity contribution in [3.8, 4) is 0 Å². The lowest BCUT2D eigenvalue weighted by Gasteiger charge is -2.31. The van der Waals surface area contributed by atoms with Crippen molar-refractivity contribution >= 4 is 17.1 Å². The molecule has 2 aromatic rings. The fourth-order valence-corrected chi connectivity index (χ4v) is 3.48. The predicted molar refractivity (Wildman–Crippen MR) is 96.8 cm³/mol. The Hall–Kier alpha value is -2.08. The fourth-order valence-electron chi connectivity index (χ4n) is 3.48. The van der Waals surface area contributed by atoms with Crippen LogP contribution in [0.15, 0.2) is 24.3 Å². The number of carbonyl (C=O) groups excluding carboxylic acids is 1. The molecule has 25 heavy (non-hydrogen) atoms. The lowest BCUT2D eigenvalue weighted by molar-refractivity contribution is 0.0962. The van der Waals surface area contributed by atoms with Crippen LogP contribution < -0.4 is 0 Å². The number of hydrogen-bond donors (Lipinski definition) is 0. The van der Waals surface area contributed by atoms with Gasteiger partial charge in [-0.2, -0.15) is 0 Å². The number of carbonyl (C=O) groups is 1. The Morgan fingerprint density at radius 3 is 2.68 bits per heavy atom. The molecule has 3 rings (SSSR count). The lowest BCUT2D eigenvalue weighted by Crippen LogP contribution is -2.38. The Kier molecular flexibility index (Phi) is 5.91. The van der Waals surface area contributed by atoms with Gasteiger partial charge in [0.25, 0.3) is 0 Å². The Balaban J connectivity index is 1.76. The normalized spacial score (nSPS) is 15.7. The van der Waals surface area contributed by atoms with E-state index in [9.17, 15) is 4.79 Å². The summed E-state index contributed by atoms with van der Waals surface area (Å²) in [6, 6.07) is 8.25. The molecule has 1 aromatic carbocycles. The molecule has 1 aromatic heterocycles. The highest BCUT2D eigenvalue weighted by atomic mass is 16.6. The van der Waals surface area contributed by atoms with Gasteiger partial charge in [0.2, 0.25) is 0 Å². The smallest absolute Gasteiger partial charge is 0.409 e. The number of hydrogen-bond acceptors (Lipinski definition) is 4. The molecule has 0 radical (unpaired) electrons. The summed E-state index contributed by atoms with van der Waals surface area (Å²) in [5, 5.41) is 0. The summed E-state index contributed by atoms with van der Waals surface area (Å²) in [5.41, 5.74) is 2.19. The van der Waals surface area contributed by atoms with Gasteiger partial charge in [-0.15, -0.1) is 0 Å². The van der Waals surface area contributed by atoms with Crippen LogP contribution in [0.2, 0.25) is 0 Å². The van der Waals surface area contributed by atoms with E-state index in [1.165, 1.54) is 0 Å². The molecule has 1 aliphatic heterocycles. The number of benzene rings is 1. The minimum absolute atomic E-state index is 0.203. The van der Waals surface area contributed by atoms with Crippen molar-refractivity contribution in [1.29, 1.82) is 0 Å². The zero-order chi connectivity index (χ0) is 17.6. The van der Waals surface area contributed by atoms with E-state index in [0.29, 0.717) is 19.1 Å².